The summed E-state index contributed by atoms with van der Waals surface area (Å²) in [5.74, 6) is -0.913. The fourth-order valence-electron chi connectivity index (χ4n) is 1.98. The largest absolute Gasteiger partial charge is 0.365 e. The Morgan fingerprint density at radius 1 is 1.16 bits per heavy atom. The number of amides is 1. The molecule has 1 aromatic heterocycles. The van der Waals surface area contributed by atoms with Gasteiger partial charge in [-0.1, -0.05) is 17.7 Å². The molecule has 0 aliphatic rings. The van der Waals surface area contributed by atoms with Gasteiger partial charge in [0, 0.05) is 6.92 Å². The van der Waals surface area contributed by atoms with Gasteiger partial charge in [0.1, 0.15) is 5.69 Å². The summed E-state index contributed by atoms with van der Waals surface area (Å²) >= 11 is 0. The second-order valence-electron chi connectivity index (χ2n) is 4.48. The molecule has 5 heteroatoms. The van der Waals surface area contributed by atoms with E-state index in [0.717, 1.165) is 11.3 Å². The molecule has 1 aromatic carbocycles. The Morgan fingerprint density at radius 3 is 2.16 bits per heavy atom. The highest BCUT2D eigenvalue weighted by Gasteiger charge is 2.22. The SMILES string of the molecule is CC(=O)c1nn(-c2ccc(C)cc2)c(C)c1C(N)=O. The molecule has 2 aromatic rings. The van der Waals surface area contributed by atoms with Gasteiger partial charge in [-0.15, -0.1) is 0 Å². The second-order valence-corrected chi connectivity index (χ2v) is 4.48. The summed E-state index contributed by atoms with van der Waals surface area (Å²) in [6, 6.07) is 7.63. The minimum atomic E-state index is -0.638. The second kappa shape index (κ2) is 4.68. The van der Waals surface area contributed by atoms with Crippen LogP contribution in [0.3, 0.4) is 0 Å². The standard InChI is InChI=1S/C14H15N3O2/c1-8-4-6-11(7-5-8)17-9(2)12(14(15)19)13(16-17)10(3)18/h4-7H,1-3H3,(H2,15,19). The molecule has 19 heavy (non-hydrogen) atoms. The van der Waals surface area contributed by atoms with Gasteiger partial charge in [-0.25, -0.2) is 4.68 Å². The van der Waals surface area contributed by atoms with Crippen molar-refractivity contribution < 1.29 is 9.59 Å². The van der Waals surface area contributed by atoms with Gasteiger partial charge in [-0.2, -0.15) is 5.10 Å². The van der Waals surface area contributed by atoms with E-state index in [1.165, 1.54) is 6.92 Å². The lowest BCUT2D eigenvalue weighted by Gasteiger charge is -2.04. The van der Waals surface area contributed by atoms with Crippen LogP contribution in [0.25, 0.3) is 5.69 Å². The third-order valence-corrected chi connectivity index (χ3v) is 2.97. The van der Waals surface area contributed by atoms with Crippen molar-refractivity contribution in [2.45, 2.75) is 20.8 Å². The molecule has 0 bridgehead atoms. The smallest absolute Gasteiger partial charge is 0.252 e. The van der Waals surface area contributed by atoms with Crippen molar-refractivity contribution >= 4 is 11.7 Å². The van der Waals surface area contributed by atoms with Crippen LogP contribution in [0.1, 0.15) is 39.0 Å². The number of Topliss-reactive ketones (excluding diaryl/α,β-unsaturated/α-hetero) is 1. The zero-order valence-electron chi connectivity index (χ0n) is 11.1. The molecule has 0 saturated carbocycles. The van der Waals surface area contributed by atoms with E-state index in [-0.39, 0.29) is 17.0 Å². The van der Waals surface area contributed by atoms with Crippen LogP contribution in [0.2, 0.25) is 0 Å². The summed E-state index contributed by atoms with van der Waals surface area (Å²) in [7, 11) is 0. The van der Waals surface area contributed by atoms with Crippen molar-refractivity contribution in [1.82, 2.24) is 9.78 Å². The zero-order valence-corrected chi connectivity index (χ0v) is 11.1. The van der Waals surface area contributed by atoms with E-state index in [4.69, 9.17) is 5.73 Å². The summed E-state index contributed by atoms with van der Waals surface area (Å²) in [5, 5.41) is 4.20. The lowest BCUT2D eigenvalue weighted by molar-refractivity contribution is 0.0971. The average molecular weight is 257 g/mol. The van der Waals surface area contributed by atoms with Crippen LogP contribution >= 0.6 is 0 Å². The third-order valence-electron chi connectivity index (χ3n) is 2.97. The predicted molar refractivity (Wildman–Crippen MR) is 71.6 cm³/mol. The van der Waals surface area contributed by atoms with Gasteiger partial charge in [-0.3, -0.25) is 9.59 Å². The van der Waals surface area contributed by atoms with Crippen molar-refractivity contribution in [1.29, 1.82) is 0 Å². The molecule has 0 aliphatic carbocycles. The quantitative estimate of drug-likeness (QED) is 0.851. The number of hydrogen-bond donors (Lipinski definition) is 1. The first-order valence-electron chi connectivity index (χ1n) is 5.89. The maximum absolute atomic E-state index is 11.5. The fourth-order valence-corrected chi connectivity index (χ4v) is 1.98. The summed E-state index contributed by atoms with van der Waals surface area (Å²) in [6.45, 7) is 5.07. The molecule has 1 heterocycles. The highest BCUT2D eigenvalue weighted by atomic mass is 16.1. The van der Waals surface area contributed by atoms with E-state index in [1.54, 1.807) is 11.6 Å². The Balaban J connectivity index is 2.65. The van der Waals surface area contributed by atoms with E-state index in [0.29, 0.717) is 5.69 Å². The molecule has 0 fully saturated rings. The van der Waals surface area contributed by atoms with E-state index < -0.39 is 5.91 Å². The van der Waals surface area contributed by atoms with Crippen LogP contribution in [0.4, 0.5) is 0 Å². The zero-order chi connectivity index (χ0) is 14.2. The summed E-state index contributed by atoms with van der Waals surface area (Å²) in [5.41, 5.74) is 8.11. The van der Waals surface area contributed by atoms with Gasteiger partial charge < -0.3 is 5.73 Å². The molecule has 0 radical (unpaired) electrons. The number of aryl methyl sites for hydroxylation is 1. The Hall–Kier alpha value is -2.43. The Kier molecular flexibility index (Phi) is 3.21. The number of carbonyl (C=O) groups excluding carboxylic acids is 2. The summed E-state index contributed by atoms with van der Waals surface area (Å²) in [6.07, 6.45) is 0. The van der Waals surface area contributed by atoms with Gasteiger partial charge >= 0.3 is 0 Å². The number of primary amides is 1. The third kappa shape index (κ3) is 2.27. The van der Waals surface area contributed by atoms with Crippen LogP contribution in [0.5, 0.6) is 0 Å². The Labute approximate surface area is 111 Å². The number of benzene rings is 1. The van der Waals surface area contributed by atoms with Gasteiger partial charge in [0.2, 0.25) is 0 Å². The molecule has 0 saturated heterocycles. The van der Waals surface area contributed by atoms with E-state index in [1.807, 2.05) is 31.2 Å². The predicted octanol–water partition coefficient (Wildman–Crippen LogP) is 1.79. The number of rotatable bonds is 3. The molecule has 5 nitrogen and oxygen atoms in total. The minimum absolute atomic E-state index is 0.116. The van der Waals surface area contributed by atoms with Crippen LogP contribution in [0.15, 0.2) is 24.3 Å². The molecule has 2 N–H and O–H groups in total. The first-order chi connectivity index (χ1) is 8.91. The maximum atomic E-state index is 11.5. The molecule has 0 atom stereocenters. The summed E-state index contributed by atoms with van der Waals surface area (Å²) in [4.78, 5) is 23.0. The number of hydrogen-bond acceptors (Lipinski definition) is 3. The lowest BCUT2D eigenvalue weighted by Crippen LogP contribution is -2.15. The van der Waals surface area contributed by atoms with Crippen LogP contribution in [0, 0.1) is 13.8 Å². The monoisotopic (exact) mass is 257 g/mol. The van der Waals surface area contributed by atoms with Crippen molar-refractivity contribution in [2.24, 2.45) is 5.73 Å². The van der Waals surface area contributed by atoms with Crippen molar-refractivity contribution in [3.63, 3.8) is 0 Å². The Bertz CT molecular complexity index is 654. The van der Waals surface area contributed by atoms with Crippen LogP contribution in [-0.2, 0) is 0 Å². The van der Waals surface area contributed by atoms with Gasteiger partial charge in [0.25, 0.3) is 5.91 Å². The van der Waals surface area contributed by atoms with Crippen molar-refractivity contribution in [3.05, 3.63) is 46.8 Å². The van der Waals surface area contributed by atoms with E-state index in [2.05, 4.69) is 5.10 Å². The average Bonchev–Trinajstić information content (AvgIpc) is 2.68. The number of ketones is 1. The normalized spacial score (nSPS) is 10.5. The molecule has 2 rings (SSSR count). The topological polar surface area (TPSA) is 78.0 Å². The molecule has 98 valence electrons. The Morgan fingerprint density at radius 2 is 1.74 bits per heavy atom. The highest BCUT2D eigenvalue weighted by molar-refractivity contribution is 6.06. The molecule has 0 aliphatic heterocycles. The highest BCUT2D eigenvalue weighted by Crippen LogP contribution is 2.18. The summed E-state index contributed by atoms with van der Waals surface area (Å²) < 4.78 is 1.57. The number of carbonyl (C=O) groups is 2. The van der Waals surface area contributed by atoms with Gasteiger partial charge in [0.15, 0.2) is 5.78 Å². The van der Waals surface area contributed by atoms with Crippen LogP contribution < -0.4 is 5.73 Å². The van der Waals surface area contributed by atoms with E-state index >= 15 is 0 Å². The number of aromatic nitrogens is 2. The minimum Gasteiger partial charge on any atom is -0.365 e. The number of nitrogens with two attached hydrogens (primary N) is 1. The van der Waals surface area contributed by atoms with Crippen molar-refractivity contribution in [2.75, 3.05) is 0 Å². The molecular formula is C14H15N3O2. The lowest BCUT2D eigenvalue weighted by atomic mass is 10.1. The van der Waals surface area contributed by atoms with E-state index in [9.17, 15) is 9.59 Å². The number of nitrogens with zero attached hydrogens (tertiary/aromatic N) is 2. The van der Waals surface area contributed by atoms with Crippen LogP contribution in [-0.4, -0.2) is 21.5 Å². The molecule has 0 spiro atoms. The molecule has 1 amide bonds. The fraction of sp³-hybridized carbons (Fsp3) is 0.214. The van der Waals surface area contributed by atoms with Gasteiger partial charge in [0.05, 0.1) is 16.9 Å². The first-order valence-corrected chi connectivity index (χ1v) is 5.89. The van der Waals surface area contributed by atoms with Gasteiger partial charge in [-0.05, 0) is 26.0 Å². The molecular weight excluding hydrogens is 242 g/mol. The first kappa shape index (κ1) is 13.0. The maximum Gasteiger partial charge on any atom is 0.252 e. The molecule has 0 unspecified atom stereocenters. The van der Waals surface area contributed by atoms with Crippen molar-refractivity contribution in [3.8, 4) is 5.69 Å².